The highest BCUT2D eigenvalue weighted by molar-refractivity contribution is 5.98. The van der Waals surface area contributed by atoms with E-state index >= 15 is 4.39 Å². The largest absolute Gasteiger partial charge is 0.475 e. The number of nitriles is 1. The maximum Gasteiger partial charge on any atom is 0.282 e. The fourth-order valence-corrected chi connectivity index (χ4v) is 7.50. The van der Waals surface area contributed by atoms with Gasteiger partial charge in [0.1, 0.15) is 29.5 Å². The summed E-state index contributed by atoms with van der Waals surface area (Å²) in [6, 6.07) is 8.06. The average Bonchev–Trinajstić information content (AvgIpc) is 3.57. The van der Waals surface area contributed by atoms with Gasteiger partial charge in [0, 0.05) is 36.3 Å². The first-order chi connectivity index (χ1) is 20.9. The summed E-state index contributed by atoms with van der Waals surface area (Å²) in [5.41, 5.74) is 4.21. The number of hydrogen-bond acceptors (Lipinski definition) is 7. The van der Waals surface area contributed by atoms with Gasteiger partial charge in [0.25, 0.3) is 5.91 Å². The van der Waals surface area contributed by atoms with Crippen molar-refractivity contribution in [1.29, 1.82) is 5.26 Å². The van der Waals surface area contributed by atoms with Crippen LogP contribution in [-0.2, 0) is 17.6 Å². The molecule has 43 heavy (non-hydrogen) atoms. The molecule has 1 aromatic carbocycles. The molecule has 0 spiro atoms. The maximum atomic E-state index is 16.6. The summed E-state index contributed by atoms with van der Waals surface area (Å²) in [5.74, 6) is -2.14. The van der Waals surface area contributed by atoms with Crippen LogP contribution in [0.25, 0.3) is 22.2 Å². The van der Waals surface area contributed by atoms with E-state index < -0.39 is 17.6 Å². The van der Waals surface area contributed by atoms with Crippen LogP contribution in [0.2, 0.25) is 0 Å². The number of pyridine rings is 2. The quantitative estimate of drug-likeness (QED) is 0.380. The molecule has 0 bridgehead atoms. The highest BCUT2D eigenvalue weighted by Crippen LogP contribution is 2.45. The monoisotopic (exact) mass is 584 g/mol. The molecule has 0 unspecified atom stereocenters. The molecule has 8 nitrogen and oxygen atoms in total. The van der Waals surface area contributed by atoms with Crippen molar-refractivity contribution in [2.75, 3.05) is 38.2 Å². The molecule has 2 aromatic heterocycles. The fraction of sp³-hybridized carbons (Fsp3) is 0.455. The highest BCUT2D eigenvalue weighted by Gasteiger charge is 2.50. The van der Waals surface area contributed by atoms with E-state index in [1.54, 1.807) is 6.20 Å². The van der Waals surface area contributed by atoms with Gasteiger partial charge in [-0.15, -0.1) is 0 Å². The first kappa shape index (κ1) is 27.7. The van der Waals surface area contributed by atoms with E-state index in [0.717, 1.165) is 56.2 Å². The molecule has 3 fully saturated rings. The molecule has 10 heteroatoms. The van der Waals surface area contributed by atoms with Gasteiger partial charge < -0.3 is 19.4 Å². The number of aromatic nitrogens is 2. The van der Waals surface area contributed by atoms with E-state index in [9.17, 15) is 14.4 Å². The Morgan fingerprint density at radius 3 is 2.79 bits per heavy atom. The van der Waals surface area contributed by atoms with Crippen LogP contribution in [0.5, 0.6) is 5.88 Å². The second-order valence-corrected chi connectivity index (χ2v) is 12.2. The van der Waals surface area contributed by atoms with Crippen LogP contribution >= 0.6 is 0 Å². The van der Waals surface area contributed by atoms with Gasteiger partial charge in [-0.25, -0.2) is 13.8 Å². The Morgan fingerprint density at radius 2 is 2.02 bits per heavy atom. The Balaban J connectivity index is 1.34. The third kappa shape index (κ3) is 4.52. The predicted molar refractivity (Wildman–Crippen MR) is 159 cm³/mol. The van der Waals surface area contributed by atoms with Crippen molar-refractivity contribution in [2.24, 2.45) is 0 Å². The van der Waals surface area contributed by atoms with Crippen LogP contribution in [0.3, 0.4) is 0 Å². The lowest BCUT2D eigenvalue weighted by Gasteiger charge is -2.48. The summed E-state index contributed by atoms with van der Waals surface area (Å²) in [4.78, 5) is 27.4. The minimum Gasteiger partial charge on any atom is -0.475 e. The Bertz CT molecular complexity index is 1690. The minimum absolute atomic E-state index is 0.1000. The van der Waals surface area contributed by atoms with Gasteiger partial charge in [-0.2, -0.15) is 5.26 Å². The summed E-state index contributed by atoms with van der Waals surface area (Å²) >= 11 is 0. The van der Waals surface area contributed by atoms with E-state index in [4.69, 9.17) is 4.74 Å². The van der Waals surface area contributed by atoms with Crippen LogP contribution in [0, 0.1) is 17.1 Å². The summed E-state index contributed by atoms with van der Waals surface area (Å²) in [7, 11) is 2.04. The van der Waals surface area contributed by atoms with E-state index in [2.05, 4.69) is 33.6 Å². The third-order valence-electron chi connectivity index (χ3n) is 9.83. The standard InChI is InChI=1S/C33H34F2N6O2/c1-19(34)33(42)40-14-12-26-27(40)17-41(26)31-24(15-36)32(43-18-21-9-6-13-39(21)2)38-30-25(31)16-37-29(28(30)35)23-11-5-8-20-7-3-4-10-22(20)23/h5,8,11,16,21,26-27H,1,3-4,6-7,9-10,12-14,17-18H2,2H3/t21-,26+,27+/m0/s1. The second kappa shape index (κ2) is 10.9. The normalized spacial score (nSPS) is 23.1. The summed E-state index contributed by atoms with van der Waals surface area (Å²) < 4.78 is 36.6. The lowest BCUT2D eigenvalue weighted by atomic mass is 9.87. The van der Waals surface area contributed by atoms with Gasteiger partial charge in [-0.1, -0.05) is 24.8 Å². The molecule has 0 N–H and O–H groups in total. The van der Waals surface area contributed by atoms with Crippen LogP contribution in [-0.4, -0.2) is 77.1 Å². The van der Waals surface area contributed by atoms with Crippen molar-refractivity contribution in [2.45, 2.75) is 63.1 Å². The Labute approximate surface area is 249 Å². The van der Waals surface area contributed by atoms with E-state index in [0.29, 0.717) is 37.2 Å². The summed E-state index contributed by atoms with van der Waals surface area (Å²) in [6.45, 7) is 5.23. The van der Waals surface area contributed by atoms with Crippen LogP contribution < -0.4 is 9.64 Å². The van der Waals surface area contributed by atoms with Crippen molar-refractivity contribution in [3.63, 3.8) is 0 Å². The molecule has 3 aliphatic heterocycles. The molecule has 3 aromatic rings. The van der Waals surface area contributed by atoms with Gasteiger partial charge in [0.2, 0.25) is 5.88 Å². The summed E-state index contributed by atoms with van der Waals surface area (Å²) in [6.07, 6.45) is 8.24. The van der Waals surface area contributed by atoms with Crippen LogP contribution in [0.15, 0.2) is 36.8 Å². The maximum absolute atomic E-state index is 16.6. The SMILES string of the molecule is C=C(F)C(=O)N1CC[C@@H]2[C@H]1CN2c1c(C#N)c(OC[C@@H]2CCCN2C)nc2c(F)c(-c3cccc4c3CCCC4)ncc12. The number of halogens is 2. The van der Waals surface area contributed by atoms with Crippen molar-refractivity contribution < 1.29 is 18.3 Å². The topological polar surface area (TPSA) is 85.6 Å². The number of fused-ring (bicyclic) bond motifs is 3. The van der Waals surface area contributed by atoms with Gasteiger partial charge in [0.15, 0.2) is 11.6 Å². The van der Waals surface area contributed by atoms with Crippen molar-refractivity contribution in [1.82, 2.24) is 19.8 Å². The molecule has 4 aliphatic rings. The second-order valence-electron chi connectivity index (χ2n) is 12.2. The number of carbonyl (C=O) groups is 1. The van der Waals surface area contributed by atoms with Gasteiger partial charge in [0.05, 0.1) is 17.8 Å². The molecule has 7 rings (SSSR count). The number of benzene rings is 1. The zero-order valence-electron chi connectivity index (χ0n) is 24.3. The zero-order valence-corrected chi connectivity index (χ0v) is 24.3. The number of hydrogen-bond donors (Lipinski definition) is 0. The van der Waals surface area contributed by atoms with Crippen LogP contribution in [0.1, 0.15) is 48.8 Å². The smallest absolute Gasteiger partial charge is 0.282 e. The molecule has 3 atom stereocenters. The van der Waals surface area contributed by atoms with E-state index in [-0.39, 0.29) is 40.8 Å². The van der Waals surface area contributed by atoms with E-state index in [1.165, 1.54) is 10.5 Å². The number of rotatable bonds is 6. The third-order valence-corrected chi connectivity index (χ3v) is 9.83. The molecule has 0 saturated carbocycles. The van der Waals surface area contributed by atoms with E-state index in [1.807, 2.05) is 24.1 Å². The van der Waals surface area contributed by atoms with Crippen LogP contribution in [0.4, 0.5) is 14.5 Å². The highest BCUT2D eigenvalue weighted by atomic mass is 19.1. The zero-order chi connectivity index (χ0) is 29.8. The average molecular weight is 585 g/mol. The molecule has 1 aliphatic carbocycles. The number of ether oxygens (including phenoxy) is 1. The van der Waals surface area contributed by atoms with Crippen molar-refractivity contribution in [3.05, 3.63) is 59.3 Å². The Hall–Kier alpha value is -4.10. The number of amides is 1. The number of likely N-dealkylation sites (tertiary alicyclic amines) is 2. The van der Waals surface area contributed by atoms with Gasteiger partial charge in [-0.3, -0.25) is 9.78 Å². The van der Waals surface area contributed by atoms with Gasteiger partial charge in [-0.05, 0) is 69.7 Å². The van der Waals surface area contributed by atoms with Gasteiger partial charge >= 0.3 is 0 Å². The Morgan fingerprint density at radius 1 is 1.19 bits per heavy atom. The number of aryl methyl sites for hydroxylation is 1. The fourth-order valence-electron chi connectivity index (χ4n) is 7.50. The first-order valence-corrected chi connectivity index (χ1v) is 15.2. The molecule has 5 heterocycles. The summed E-state index contributed by atoms with van der Waals surface area (Å²) in [5, 5.41) is 10.8. The lowest BCUT2D eigenvalue weighted by molar-refractivity contribution is -0.130. The lowest BCUT2D eigenvalue weighted by Crippen LogP contribution is -2.63. The molecule has 0 radical (unpaired) electrons. The number of likely N-dealkylation sites (N-methyl/N-ethyl adjacent to an activating group) is 1. The first-order valence-electron chi connectivity index (χ1n) is 15.2. The molecule has 222 valence electrons. The molecular weight excluding hydrogens is 550 g/mol. The van der Waals surface area contributed by atoms with Crippen molar-refractivity contribution >= 4 is 22.5 Å². The van der Waals surface area contributed by atoms with Crippen molar-refractivity contribution in [3.8, 4) is 23.2 Å². The molecule has 3 saturated heterocycles. The Kier molecular flexibility index (Phi) is 7.01. The predicted octanol–water partition coefficient (Wildman–Crippen LogP) is 4.93. The minimum atomic E-state index is -0.986. The number of anilines is 1. The number of nitrogens with zero attached hydrogens (tertiary/aromatic N) is 6. The molecular formula is C33H34F2N6O2. The number of carbonyl (C=O) groups excluding carboxylic acids is 1. The molecule has 1 amide bonds.